The molecule has 1 aromatic carbocycles. The van der Waals surface area contributed by atoms with Gasteiger partial charge in [-0.1, -0.05) is 12.1 Å². The number of aromatic nitrogens is 2. The van der Waals surface area contributed by atoms with Crippen molar-refractivity contribution in [2.24, 2.45) is 5.92 Å². The molecule has 2 heterocycles. The van der Waals surface area contributed by atoms with Gasteiger partial charge in [0.1, 0.15) is 18.2 Å². The van der Waals surface area contributed by atoms with Gasteiger partial charge in [-0.05, 0) is 12.1 Å². The summed E-state index contributed by atoms with van der Waals surface area (Å²) in [5, 5.41) is 8.92. The Labute approximate surface area is 159 Å². The van der Waals surface area contributed by atoms with Crippen LogP contribution in [0.2, 0.25) is 0 Å². The molecule has 1 aromatic heterocycles. The Balaban J connectivity index is 1.86. The lowest BCUT2D eigenvalue weighted by atomic mass is 10.1. The first-order chi connectivity index (χ1) is 12.9. The molecule has 148 valence electrons. The number of ether oxygens (including phenoxy) is 2. The molecule has 1 saturated heterocycles. The van der Waals surface area contributed by atoms with E-state index in [9.17, 15) is 8.42 Å². The van der Waals surface area contributed by atoms with Crippen LogP contribution in [0.3, 0.4) is 0 Å². The van der Waals surface area contributed by atoms with Gasteiger partial charge in [0.05, 0.1) is 31.6 Å². The van der Waals surface area contributed by atoms with Crippen LogP contribution in [-0.4, -0.2) is 73.7 Å². The maximum Gasteiger partial charge on any atom is 0.214 e. The Bertz CT molecular complexity index is 865. The molecule has 0 radical (unpaired) electrons. The molecule has 0 spiro atoms. The molecule has 9 heteroatoms. The second-order valence-electron chi connectivity index (χ2n) is 6.68. The van der Waals surface area contributed by atoms with Crippen molar-refractivity contribution in [2.75, 3.05) is 46.3 Å². The molecule has 0 aliphatic carbocycles. The summed E-state index contributed by atoms with van der Waals surface area (Å²) in [6.07, 6.45) is 3.55. The van der Waals surface area contributed by atoms with Crippen LogP contribution >= 0.6 is 0 Å². The number of hydrogen-bond donors (Lipinski definition) is 1. The number of aliphatic hydroxyl groups is 1. The van der Waals surface area contributed by atoms with E-state index < -0.39 is 10.0 Å². The van der Waals surface area contributed by atoms with Gasteiger partial charge in [-0.15, -0.1) is 0 Å². The quantitative estimate of drug-likeness (QED) is 0.717. The van der Waals surface area contributed by atoms with E-state index in [1.807, 2.05) is 35.0 Å². The van der Waals surface area contributed by atoms with Crippen LogP contribution in [-0.2, 0) is 14.8 Å². The minimum absolute atomic E-state index is 0.0297. The van der Waals surface area contributed by atoms with Gasteiger partial charge in [0.2, 0.25) is 10.0 Å². The van der Waals surface area contributed by atoms with Gasteiger partial charge >= 0.3 is 0 Å². The number of aliphatic hydroxyl groups excluding tert-OH is 1. The maximum atomic E-state index is 12.3. The monoisotopic (exact) mass is 395 g/mol. The molecule has 27 heavy (non-hydrogen) atoms. The fourth-order valence-corrected chi connectivity index (χ4v) is 4.32. The Hall–Kier alpha value is -1.94. The molecule has 1 aliphatic heterocycles. The standard InChI is InChI=1S/C18H25N3O5S/c1-20(2)27(23,24)13-15-11-25-12-17(15)21-7-6-19-18(21)14-4-3-5-16(10-14)26-9-8-22/h3-7,10,15,17,22H,8-9,11-13H2,1-2H3/t15-,17-/m1/s1. The molecule has 2 atom stereocenters. The first-order valence-corrected chi connectivity index (χ1v) is 10.4. The lowest BCUT2D eigenvalue weighted by Gasteiger charge is -2.22. The van der Waals surface area contributed by atoms with Gasteiger partial charge in [0.15, 0.2) is 0 Å². The minimum Gasteiger partial charge on any atom is -0.491 e. The predicted molar refractivity (Wildman–Crippen MR) is 101 cm³/mol. The van der Waals surface area contributed by atoms with E-state index in [2.05, 4.69) is 4.98 Å². The Morgan fingerprint density at radius 1 is 1.37 bits per heavy atom. The predicted octanol–water partition coefficient (Wildman–Crippen LogP) is 1.00. The molecule has 0 saturated carbocycles. The third kappa shape index (κ3) is 4.49. The Morgan fingerprint density at radius 2 is 2.19 bits per heavy atom. The molecule has 1 fully saturated rings. The van der Waals surface area contributed by atoms with Crippen molar-refractivity contribution in [3.05, 3.63) is 36.7 Å². The first kappa shape index (κ1) is 19.8. The first-order valence-electron chi connectivity index (χ1n) is 8.77. The van der Waals surface area contributed by atoms with E-state index >= 15 is 0 Å². The van der Waals surface area contributed by atoms with Crippen molar-refractivity contribution in [1.29, 1.82) is 0 Å². The molecule has 2 aromatic rings. The normalized spacial score (nSPS) is 20.3. The molecule has 0 bridgehead atoms. The zero-order valence-corrected chi connectivity index (χ0v) is 16.3. The molecule has 1 aliphatic rings. The van der Waals surface area contributed by atoms with Gasteiger partial charge < -0.3 is 19.1 Å². The van der Waals surface area contributed by atoms with Crippen LogP contribution in [0.4, 0.5) is 0 Å². The fraction of sp³-hybridized carbons (Fsp3) is 0.500. The average Bonchev–Trinajstić information content (AvgIpc) is 3.28. The lowest BCUT2D eigenvalue weighted by molar-refractivity contribution is 0.182. The highest BCUT2D eigenvalue weighted by atomic mass is 32.2. The van der Waals surface area contributed by atoms with Crippen LogP contribution in [0, 0.1) is 5.92 Å². The van der Waals surface area contributed by atoms with Crippen LogP contribution in [0.5, 0.6) is 5.75 Å². The van der Waals surface area contributed by atoms with E-state index in [1.54, 1.807) is 20.3 Å². The van der Waals surface area contributed by atoms with Crippen molar-refractivity contribution in [1.82, 2.24) is 13.9 Å². The van der Waals surface area contributed by atoms with Gasteiger partial charge in [-0.25, -0.2) is 17.7 Å². The highest BCUT2D eigenvalue weighted by Gasteiger charge is 2.35. The topological polar surface area (TPSA) is 93.9 Å². The summed E-state index contributed by atoms with van der Waals surface area (Å²) in [4.78, 5) is 4.46. The fourth-order valence-electron chi connectivity index (χ4n) is 3.17. The number of rotatable bonds is 8. The van der Waals surface area contributed by atoms with Gasteiger partial charge in [0, 0.05) is 38.0 Å². The highest BCUT2D eigenvalue weighted by molar-refractivity contribution is 7.89. The smallest absolute Gasteiger partial charge is 0.214 e. The molecule has 0 amide bonds. The van der Waals surface area contributed by atoms with Gasteiger partial charge in [-0.2, -0.15) is 0 Å². The zero-order chi connectivity index (χ0) is 19.4. The second kappa shape index (κ2) is 8.39. The summed E-state index contributed by atoms with van der Waals surface area (Å²) in [5.74, 6) is 1.25. The van der Waals surface area contributed by atoms with E-state index in [0.29, 0.717) is 19.0 Å². The summed E-state index contributed by atoms with van der Waals surface area (Å²) < 4.78 is 38.9. The van der Waals surface area contributed by atoms with Crippen molar-refractivity contribution in [2.45, 2.75) is 6.04 Å². The summed E-state index contributed by atoms with van der Waals surface area (Å²) in [6, 6.07) is 7.35. The highest BCUT2D eigenvalue weighted by Crippen LogP contribution is 2.32. The summed E-state index contributed by atoms with van der Waals surface area (Å²) in [6.45, 7) is 1.01. The molecule has 8 nitrogen and oxygen atoms in total. The molecular weight excluding hydrogens is 370 g/mol. The second-order valence-corrected chi connectivity index (χ2v) is 8.91. The van der Waals surface area contributed by atoms with E-state index in [0.717, 1.165) is 11.4 Å². The number of hydrogen-bond acceptors (Lipinski definition) is 6. The third-order valence-corrected chi connectivity index (χ3v) is 6.59. The van der Waals surface area contributed by atoms with Crippen molar-refractivity contribution >= 4 is 10.0 Å². The lowest BCUT2D eigenvalue weighted by Crippen LogP contribution is -2.32. The Morgan fingerprint density at radius 3 is 2.93 bits per heavy atom. The minimum atomic E-state index is -3.32. The van der Waals surface area contributed by atoms with E-state index in [4.69, 9.17) is 14.6 Å². The van der Waals surface area contributed by atoms with Crippen molar-refractivity contribution in [3.63, 3.8) is 0 Å². The van der Waals surface area contributed by atoms with Gasteiger partial charge in [0.25, 0.3) is 0 Å². The van der Waals surface area contributed by atoms with Crippen LogP contribution < -0.4 is 4.74 Å². The van der Waals surface area contributed by atoms with Crippen LogP contribution in [0.1, 0.15) is 6.04 Å². The van der Waals surface area contributed by atoms with Gasteiger partial charge in [-0.3, -0.25) is 0 Å². The zero-order valence-electron chi connectivity index (χ0n) is 15.5. The average molecular weight is 395 g/mol. The summed E-state index contributed by atoms with van der Waals surface area (Å²) in [7, 11) is -0.239. The van der Waals surface area contributed by atoms with Crippen LogP contribution in [0.15, 0.2) is 36.7 Å². The van der Waals surface area contributed by atoms with Crippen molar-refractivity contribution < 1.29 is 23.0 Å². The van der Waals surface area contributed by atoms with Crippen molar-refractivity contribution in [3.8, 4) is 17.1 Å². The third-order valence-electron chi connectivity index (χ3n) is 4.62. The van der Waals surface area contributed by atoms with E-state index in [-0.39, 0.29) is 30.9 Å². The SMILES string of the molecule is CN(C)S(=O)(=O)C[C@H]1COC[C@H]1n1ccnc1-c1cccc(OCCO)c1. The number of nitrogens with zero attached hydrogens (tertiary/aromatic N) is 3. The van der Waals surface area contributed by atoms with E-state index in [1.165, 1.54) is 4.31 Å². The largest absolute Gasteiger partial charge is 0.491 e. The number of sulfonamides is 1. The molecule has 3 rings (SSSR count). The number of benzene rings is 1. The summed E-state index contributed by atoms with van der Waals surface area (Å²) >= 11 is 0. The molecular formula is C18H25N3O5S. The Kier molecular flexibility index (Phi) is 6.15. The number of imidazole rings is 1. The van der Waals surface area contributed by atoms with Crippen LogP contribution in [0.25, 0.3) is 11.4 Å². The molecule has 0 unspecified atom stereocenters. The molecule has 1 N–H and O–H groups in total. The summed E-state index contributed by atoms with van der Waals surface area (Å²) in [5.41, 5.74) is 0.858. The maximum absolute atomic E-state index is 12.3.